The van der Waals surface area contributed by atoms with Crippen molar-refractivity contribution in [1.29, 1.82) is 0 Å². The summed E-state index contributed by atoms with van der Waals surface area (Å²) in [5.74, 6) is -1.83. The number of rotatable bonds is 10. The molecule has 0 saturated heterocycles. The monoisotopic (exact) mass is 290 g/mol. The molecule has 0 aromatic heterocycles. The lowest BCUT2D eigenvalue weighted by Gasteiger charge is -2.13. The van der Waals surface area contributed by atoms with Crippen LogP contribution in [0.3, 0.4) is 0 Å². The number of aliphatic carboxylic acids is 2. The SMILES string of the molecule is C=CC(C)CCC(CCCC(=O)O)C(=O)O.OCCO. The summed E-state index contributed by atoms with van der Waals surface area (Å²) < 4.78 is 0. The molecule has 118 valence electrons. The Kier molecular flexibility index (Phi) is 14.7. The highest BCUT2D eigenvalue weighted by atomic mass is 16.4. The van der Waals surface area contributed by atoms with Crippen molar-refractivity contribution >= 4 is 11.9 Å². The topological polar surface area (TPSA) is 115 Å². The van der Waals surface area contributed by atoms with E-state index in [9.17, 15) is 9.59 Å². The van der Waals surface area contributed by atoms with Gasteiger partial charge in [0.05, 0.1) is 19.1 Å². The average Bonchev–Trinajstić information content (AvgIpc) is 2.41. The third-order valence-corrected chi connectivity index (χ3v) is 2.77. The van der Waals surface area contributed by atoms with Crippen LogP contribution < -0.4 is 0 Å². The smallest absolute Gasteiger partial charge is 0.306 e. The molecule has 0 aromatic rings. The second-order valence-electron chi connectivity index (χ2n) is 4.56. The maximum absolute atomic E-state index is 10.9. The lowest BCUT2D eigenvalue weighted by atomic mass is 9.93. The molecule has 6 nitrogen and oxygen atoms in total. The van der Waals surface area contributed by atoms with E-state index in [4.69, 9.17) is 20.4 Å². The molecule has 0 heterocycles. The maximum atomic E-state index is 10.9. The van der Waals surface area contributed by atoms with Crippen molar-refractivity contribution < 1.29 is 30.0 Å². The Balaban J connectivity index is 0. The number of hydrogen-bond acceptors (Lipinski definition) is 4. The summed E-state index contributed by atoms with van der Waals surface area (Å²) >= 11 is 0. The van der Waals surface area contributed by atoms with Crippen LogP contribution in [-0.2, 0) is 9.59 Å². The van der Waals surface area contributed by atoms with Gasteiger partial charge in [-0.15, -0.1) is 6.58 Å². The third-order valence-electron chi connectivity index (χ3n) is 2.77. The minimum Gasteiger partial charge on any atom is -0.481 e. The molecule has 0 rings (SSSR count). The Labute approximate surface area is 119 Å². The van der Waals surface area contributed by atoms with Gasteiger partial charge in [0.15, 0.2) is 0 Å². The minimum absolute atomic E-state index is 0.0425. The number of aliphatic hydroxyl groups excluding tert-OH is 2. The van der Waals surface area contributed by atoms with Crippen LogP contribution in [0.2, 0.25) is 0 Å². The lowest BCUT2D eigenvalue weighted by Crippen LogP contribution is -2.15. The summed E-state index contributed by atoms with van der Waals surface area (Å²) in [6.45, 7) is 5.38. The minimum atomic E-state index is -0.872. The third kappa shape index (κ3) is 14.7. The molecule has 0 bridgehead atoms. The van der Waals surface area contributed by atoms with E-state index < -0.39 is 17.9 Å². The molecular formula is C14H26O6. The molecule has 2 unspecified atom stereocenters. The summed E-state index contributed by atoms with van der Waals surface area (Å²) in [5, 5.41) is 32.7. The van der Waals surface area contributed by atoms with Crippen LogP contribution in [0.1, 0.15) is 39.0 Å². The fraction of sp³-hybridized carbons (Fsp3) is 0.714. The van der Waals surface area contributed by atoms with E-state index in [1.54, 1.807) is 6.08 Å². The molecule has 4 N–H and O–H groups in total. The van der Waals surface area contributed by atoms with Crippen molar-refractivity contribution in [2.24, 2.45) is 11.8 Å². The van der Waals surface area contributed by atoms with Crippen LogP contribution in [0.25, 0.3) is 0 Å². The van der Waals surface area contributed by atoms with Gasteiger partial charge in [-0.05, 0) is 31.6 Å². The lowest BCUT2D eigenvalue weighted by molar-refractivity contribution is -0.143. The molecule has 0 aromatic carbocycles. The number of carboxylic acids is 2. The van der Waals surface area contributed by atoms with Crippen molar-refractivity contribution in [3.8, 4) is 0 Å². The van der Waals surface area contributed by atoms with Crippen LogP contribution in [0.5, 0.6) is 0 Å². The molecule has 0 aliphatic heterocycles. The number of aliphatic hydroxyl groups is 2. The molecule has 6 heteroatoms. The molecule has 0 amide bonds. The predicted molar refractivity (Wildman–Crippen MR) is 75.4 cm³/mol. The number of carbonyl (C=O) groups is 2. The van der Waals surface area contributed by atoms with Crippen molar-refractivity contribution in [3.63, 3.8) is 0 Å². The summed E-state index contributed by atoms with van der Waals surface area (Å²) in [5.41, 5.74) is 0. The largest absolute Gasteiger partial charge is 0.481 e. The van der Waals surface area contributed by atoms with Crippen molar-refractivity contribution in [2.75, 3.05) is 13.2 Å². The van der Waals surface area contributed by atoms with Gasteiger partial charge in [-0.3, -0.25) is 9.59 Å². The zero-order valence-corrected chi connectivity index (χ0v) is 12.0. The quantitative estimate of drug-likeness (QED) is 0.453. The number of allylic oxidation sites excluding steroid dienone is 1. The van der Waals surface area contributed by atoms with Gasteiger partial charge in [0.25, 0.3) is 0 Å². The van der Waals surface area contributed by atoms with Crippen LogP contribution in [0.4, 0.5) is 0 Å². The molecule has 0 radical (unpaired) electrons. The maximum Gasteiger partial charge on any atom is 0.306 e. The Morgan fingerprint density at radius 2 is 1.65 bits per heavy atom. The molecule has 0 aliphatic carbocycles. The fourth-order valence-electron chi connectivity index (χ4n) is 1.47. The first kappa shape index (κ1) is 20.9. The van der Waals surface area contributed by atoms with Crippen LogP contribution >= 0.6 is 0 Å². The van der Waals surface area contributed by atoms with E-state index >= 15 is 0 Å². The normalized spacial score (nSPS) is 12.8. The summed E-state index contributed by atoms with van der Waals surface area (Å²) in [4.78, 5) is 21.2. The Morgan fingerprint density at radius 1 is 1.10 bits per heavy atom. The molecule has 2 atom stereocenters. The summed E-state index contributed by atoms with van der Waals surface area (Å²) in [7, 11) is 0. The predicted octanol–water partition coefficient (Wildman–Crippen LogP) is 1.52. The van der Waals surface area contributed by atoms with Crippen LogP contribution in [-0.4, -0.2) is 45.6 Å². The van der Waals surface area contributed by atoms with E-state index in [1.807, 2.05) is 6.92 Å². The van der Waals surface area contributed by atoms with Gasteiger partial charge in [0.2, 0.25) is 0 Å². The zero-order chi connectivity index (χ0) is 16.0. The van der Waals surface area contributed by atoms with E-state index in [0.717, 1.165) is 6.42 Å². The van der Waals surface area contributed by atoms with Gasteiger partial charge in [-0.1, -0.05) is 13.0 Å². The molecular weight excluding hydrogens is 264 g/mol. The van der Waals surface area contributed by atoms with Crippen molar-refractivity contribution in [3.05, 3.63) is 12.7 Å². The van der Waals surface area contributed by atoms with E-state index in [2.05, 4.69) is 6.58 Å². The molecule has 20 heavy (non-hydrogen) atoms. The van der Waals surface area contributed by atoms with Crippen molar-refractivity contribution in [1.82, 2.24) is 0 Å². The molecule has 0 aliphatic rings. The average molecular weight is 290 g/mol. The standard InChI is InChI=1S/C12H20O4.C2H6O2/c1-3-9(2)7-8-10(12(15)16)5-4-6-11(13)14;3-1-2-4/h3,9-10H,1,4-8H2,2H3,(H,13,14)(H,15,16);3-4H,1-2H2. The van der Waals surface area contributed by atoms with Gasteiger partial charge < -0.3 is 20.4 Å². The molecule has 0 fully saturated rings. The highest BCUT2D eigenvalue weighted by Crippen LogP contribution is 2.19. The second-order valence-corrected chi connectivity index (χ2v) is 4.56. The van der Waals surface area contributed by atoms with Crippen LogP contribution in [0.15, 0.2) is 12.7 Å². The Morgan fingerprint density at radius 3 is 2.00 bits per heavy atom. The molecule has 0 saturated carbocycles. The van der Waals surface area contributed by atoms with Crippen molar-refractivity contribution in [2.45, 2.75) is 39.0 Å². The van der Waals surface area contributed by atoms with E-state index in [1.165, 1.54) is 0 Å². The highest BCUT2D eigenvalue weighted by Gasteiger charge is 2.17. The van der Waals surface area contributed by atoms with Gasteiger partial charge in [-0.2, -0.15) is 0 Å². The van der Waals surface area contributed by atoms with E-state index in [-0.39, 0.29) is 19.6 Å². The number of carboxylic acid groups (broad SMARTS) is 2. The summed E-state index contributed by atoms with van der Waals surface area (Å²) in [6.07, 6.45) is 4.08. The fourth-order valence-corrected chi connectivity index (χ4v) is 1.47. The van der Waals surface area contributed by atoms with Crippen LogP contribution in [0, 0.1) is 11.8 Å². The van der Waals surface area contributed by atoms with Gasteiger partial charge >= 0.3 is 11.9 Å². The Hall–Kier alpha value is -1.40. The molecule has 0 spiro atoms. The Bertz CT molecular complexity index is 275. The van der Waals surface area contributed by atoms with E-state index in [0.29, 0.717) is 25.2 Å². The van der Waals surface area contributed by atoms with Gasteiger partial charge in [0, 0.05) is 6.42 Å². The zero-order valence-electron chi connectivity index (χ0n) is 12.0. The summed E-state index contributed by atoms with van der Waals surface area (Å²) in [6, 6.07) is 0. The second kappa shape index (κ2) is 14.0. The van der Waals surface area contributed by atoms with Gasteiger partial charge in [-0.25, -0.2) is 0 Å². The first-order chi connectivity index (χ1) is 9.38. The first-order valence-electron chi connectivity index (χ1n) is 6.67. The highest BCUT2D eigenvalue weighted by molar-refractivity contribution is 5.70. The number of hydrogen-bond donors (Lipinski definition) is 4. The first-order valence-corrected chi connectivity index (χ1v) is 6.67. The van der Waals surface area contributed by atoms with Gasteiger partial charge in [0.1, 0.15) is 0 Å².